The van der Waals surface area contributed by atoms with Crippen molar-refractivity contribution in [2.45, 2.75) is 6.42 Å². The van der Waals surface area contributed by atoms with Crippen LogP contribution in [0.3, 0.4) is 0 Å². The van der Waals surface area contributed by atoms with Crippen molar-refractivity contribution in [3.05, 3.63) is 24.3 Å². The Morgan fingerprint density at radius 1 is 1.38 bits per heavy atom. The van der Waals surface area contributed by atoms with Crippen LogP contribution in [0.1, 0.15) is 6.42 Å². The lowest BCUT2D eigenvalue weighted by Crippen LogP contribution is -2.30. The van der Waals surface area contributed by atoms with Gasteiger partial charge in [0.2, 0.25) is 0 Å². The molecule has 0 bridgehead atoms. The molecule has 0 aliphatic carbocycles. The smallest absolute Gasteiger partial charge is 0.196 e. The van der Waals surface area contributed by atoms with Crippen LogP contribution in [0.5, 0.6) is 5.75 Å². The summed E-state index contributed by atoms with van der Waals surface area (Å²) in [5, 5.41) is 6.14. The molecule has 1 aromatic rings. The standard InChI is InChI=1S/C15H21N3O2.HI/c1-4-9-17-15(16-2)18-13-7-5-8-14(12-13)20-11-6-10-19-3;/h1,5,7-8,12H,6,9-11H2,2-3H3,(H2,16,17,18);1H. The first-order valence-electron chi connectivity index (χ1n) is 6.43. The van der Waals surface area contributed by atoms with Gasteiger partial charge in [-0.05, 0) is 12.1 Å². The van der Waals surface area contributed by atoms with E-state index >= 15 is 0 Å². The average Bonchev–Trinajstić information content (AvgIpc) is 2.48. The van der Waals surface area contributed by atoms with Gasteiger partial charge in [-0.15, -0.1) is 30.4 Å². The minimum atomic E-state index is 0. The monoisotopic (exact) mass is 403 g/mol. The number of nitrogens with zero attached hydrogens (tertiary/aromatic N) is 1. The molecule has 0 aromatic heterocycles. The highest BCUT2D eigenvalue weighted by atomic mass is 127. The van der Waals surface area contributed by atoms with E-state index in [1.165, 1.54) is 0 Å². The Morgan fingerprint density at radius 2 is 2.19 bits per heavy atom. The summed E-state index contributed by atoms with van der Waals surface area (Å²) < 4.78 is 10.6. The summed E-state index contributed by atoms with van der Waals surface area (Å²) in [6, 6.07) is 7.68. The van der Waals surface area contributed by atoms with Crippen molar-refractivity contribution in [2.75, 3.05) is 39.2 Å². The molecule has 2 N–H and O–H groups in total. The van der Waals surface area contributed by atoms with Crippen LogP contribution in [-0.2, 0) is 4.74 Å². The number of halogens is 1. The summed E-state index contributed by atoms with van der Waals surface area (Å²) in [6.07, 6.45) is 6.06. The topological polar surface area (TPSA) is 54.9 Å². The zero-order valence-corrected chi connectivity index (χ0v) is 14.7. The highest BCUT2D eigenvalue weighted by Crippen LogP contribution is 2.17. The second-order valence-corrected chi connectivity index (χ2v) is 3.98. The van der Waals surface area contributed by atoms with Crippen LogP contribution in [0.15, 0.2) is 29.3 Å². The lowest BCUT2D eigenvalue weighted by molar-refractivity contribution is 0.172. The van der Waals surface area contributed by atoms with E-state index in [9.17, 15) is 0 Å². The van der Waals surface area contributed by atoms with Gasteiger partial charge in [0.1, 0.15) is 5.75 Å². The molecule has 116 valence electrons. The number of guanidine groups is 1. The van der Waals surface area contributed by atoms with E-state index in [1.54, 1.807) is 14.2 Å². The van der Waals surface area contributed by atoms with Gasteiger partial charge in [0.05, 0.1) is 13.2 Å². The normalized spacial score (nSPS) is 10.2. The van der Waals surface area contributed by atoms with Gasteiger partial charge in [-0.25, -0.2) is 0 Å². The summed E-state index contributed by atoms with van der Waals surface area (Å²) in [6.45, 7) is 1.74. The maximum absolute atomic E-state index is 5.63. The Bertz CT molecular complexity index is 472. The van der Waals surface area contributed by atoms with Gasteiger partial charge in [-0.1, -0.05) is 12.0 Å². The summed E-state index contributed by atoms with van der Waals surface area (Å²) in [7, 11) is 3.37. The van der Waals surface area contributed by atoms with Crippen molar-refractivity contribution in [3.8, 4) is 18.1 Å². The van der Waals surface area contributed by atoms with Crippen molar-refractivity contribution in [1.82, 2.24) is 5.32 Å². The predicted molar refractivity (Wildman–Crippen MR) is 97.7 cm³/mol. The largest absolute Gasteiger partial charge is 0.493 e. The van der Waals surface area contributed by atoms with Crippen LogP contribution in [0.25, 0.3) is 0 Å². The van der Waals surface area contributed by atoms with Gasteiger partial charge in [-0.3, -0.25) is 4.99 Å². The minimum Gasteiger partial charge on any atom is -0.493 e. The molecule has 6 heteroatoms. The van der Waals surface area contributed by atoms with Crippen LogP contribution >= 0.6 is 24.0 Å². The highest BCUT2D eigenvalue weighted by Gasteiger charge is 2.00. The average molecular weight is 403 g/mol. The number of hydrogen-bond donors (Lipinski definition) is 2. The molecule has 0 unspecified atom stereocenters. The highest BCUT2D eigenvalue weighted by molar-refractivity contribution is 14.0. The fourth-order valence-electron chi connectivity index (χ4n) is 1.51. The van der Waals surface area contributed by atoms with Crippen molar-refractivity contribution >= 4 is 35.6 Å². The number of hydrogen-bond acceptors (Lipinski definition) is 3. The number of benzene rings is 1. The second-order valence-electron chi connectivity index (χ2n) is 3.98. The van der Waals surface area contributed by atoms with Gasteiger partial charge >= 0.3 is 0 Å². The van der Waals surface area contributed by atoms with E-state index in [0.717, 1.165) is 17.9 Å². The molecule has 0 amide bonds. The van der Waals surface area contributed by atoms with Crippen LogP contribution in [0.4, 0.5) is 5.69 Å². The fraction of sp³-hybridized carbons (Fsp3) is 0.400. The van der Waals surface area contributed by atoms with Crippen molar-refractivity contribution < 1.29 is 9.47 Å². The first-order valence-corrected chi connectivity index (χ1v) is 6.43. The third-order valence-corrected chi connectivity index (χ3v) is 2.44. The Balaban J connectivity index is 0.00000400. The number of aliphatic imine (C=N–C) groups is 1. The molecule has 0 aliphatic rings. The van der Waals surface area contributed by atoms with Crippen LogP contribution in [0, 0.1) is 12.3 Å². The summed E-state index contributed by atoms with van der Waals surface area (Å²) in [5.41, 5.74) is 0.888. The van der Waals surface area contributed by atoms with Crippen molar-refractivity contribution in [1.29, 1.82) is 0 Å². The fourth-order valence-corrected chi connectivity index (χ4v) is 1.51. The maximum atomic E-state index is 5.63. The van der Waals surface area contributed by atoms with Crippen LogP contribution in [0.2, 0.25) is 0 Å². The zero-order chi connectivity index (χ0) is 14.6. The number of ether oxygens (including phenoxy) is 2. The molecule has 0 fully saturated rings. The van der Waals surface area contributed by atoms with E-state index in [-0.39, 0.29) is 24.0 Å². The Hall–Kier alpha value is -1.46. The number of anilines is 1. The molecule has 5 nitrogen and oxygen atoms in total. The maximum Gasteiger partial charge on any atom is 0.196 e. The van der Waals surface area contributed by atoms with Gasteiger partial charge in [-0.2, -0.15) is 0 Å². The van der Waals surface area contributed by atoms with Crippen molar-refractivity contribution in [3.63, 3.8) is 0 Å². The molecule has 0 heterocycles. The third-order valence-electron chi connectivity index (χ3n) is 2.44. The molecule has 0 atom stereocenters. The second kappa shape index (κ2) is 12.3. The molecule has 1 aromatic carbocycles. The Kier molecular flexibility index (Phi) is 11.4. The number of terminal acetylenes is 1. The Morgan fingerprint density at radius 3 is 2.86 bits per heavy atom. The van der Waals surface area contributed by atoms with Crippen LogP contribution < -0.4 is 15.4 Å². The number of methoxy groups -OCH3 is 1. The first kappa shape index (κ1) is 19.5. The zero-order valence-electron chi connectivity index (χ0n) is 12.4. The summed E-state index contributed by atoms with van der Waals surface area (Å²) >= 11 is 0. The van der Waals surface area contributed by atoms with Gasteiger partial charge in [0, 0.05) is 38.9 Å². The molecular formula is C15H22IN3O2. The molecule has 1 rings (SSSR count). The molecule has 0 aliphatic heterocycles. The lowest BCUT2D eigenvalue weighted by atomic mass is 10.3. The van der Waals surface area contributed by atoms with Gasteiger partial charge in [0.15, 0.2) is 5.96 Å². The number of nitrogens with one attached hydrogen (secondary N) is 2. The van der Waals surface area contributed by atoms with E-state index in [4.69, 9.17) is 15.9 Å². The predicted octanol–water partition coefficient (Wildman–Crippen LogP) is 2.34. The molecule has 21 heavy (non-hydrogen) atoms. The first-order chi connectivity index (χ1) is 9.80. The summed E-state index contributed by atoms with van der Waals surface area (Å²) in [5.74, 6) is 3.93. The quantitative estimate of drug-likeness (QED) is 0.241. The molecule has 0 spiro atoms. The van der Waals surface area contributed by atoms with E-state index in [1.807, 2.05) is 24.3 Å². The molecule has 0 saturated heterocycles. The number of rotatable bonds is 7. The van der Waals surface area contributed by atoms with Crippen molar-refractivity contribution in [2.24, 2.45) is 4.99 Å². The minimum absolute atomic E-state index is 0. The van der Waals surface area contributed by atoms with Gasteiger partial charge < -0.3 is 20.1 Å². The lowest BCUT2D eigenvalue weighted by Gasteiger charge is -2.11. The van der Waals surface area contributed by atoms with E-state index in [2.05, 4.69) is 21.5 Å². The van der Waals surface area contributed by atoms with Crippen LogP contribution in [-0.4, -0.2) is 39.9 Å². The molecule has 0 radical (unpaired) electrons. The van der Waals surface area contributed by atoms with E-state index < -0.39 is 0 Å². The van der Waals surface area contributed by atoms with E-state index in [0.29, 0.717) is 25.7 Å². The summed E-state index contributed by atoms with van der Waals surface area (Å²) in [4.78, 5) is 4.08. The third kappa shape index (κ3) is 8.42. The Labute approximate surface area is 143 Å². The molecule has 0 saturated carbocycles. The SMILES string of the molecule is C#CCNC(=NC)Nc1cccc(OCCCOC)c1.I. The molecular weight excluding hydrogens is 381 g/mol. The van der Waals surface area contributed by atoms with Gasteiger partial charge in [0.25, 0.3) is 0 Å².